The van der Waals surface area contributed by atoms with E-state index < -0.39 is 10.0 Å². The lowest BCUT2D eigenvalue weighted by molar-refractivity contribution is 0.280. The highest BCUT2D eigenvalue weighted by molar-refractivity contribution is 7.90. The summed E-state index contributed by atoms with van der Waals surface area (Å²) in [5.41, 5.74) is 0. The molecule has 19 heavy (non-hydrogen) atoms. The van der Waals surface area contributed by atoms with Gasteiger partial charge in [-0.1, -0.05) is 13.3 Å². The van der Waals surface area contributed by atoms with E-state index in [0.717, 1.165) is 18.4 Å². The molecule has 2 bridgehead atoms. The Balaban J connectivity index is 1.89. The molecule has 2 aliphatic rings. The number of hydrogen-bond acceptors (Lipinski definition) is 3. The van der Waals surface area contributed by atoms with Crippen LogP contribution < -0.4 is 10.0 Å². The van der Waals surface area contributed by atoms with E-state index in [1.165, 1.54) is 25.7 Å². The Labute approximate surface area is 117 Å². The lowest BCUT2D eigenvalue weighted by Gasteiger charge is -2.29. The lowest BCUT2D eigenvalue weighted by Crippen LogP contribution is -2.46. The SMILES string of the molecule is CCNCC(C)S(=O)(=O)NC(C)C1CC2CCC1C2. The first-order chi connectivity index (χ1) is 8.94. The van der Waals surface area contributed by atoms with Crippen molar-refractivity contribution in [2.75, 3.05) is 13.1 Å². The summed E-state index contributed by atoms with van der Waals surface area (Å²) in [7, 11) is -3.20. The smallest absolute Gasteiger partial charge is 0.215 e. The highest BCUT2D eigenvalue weighted by atomic mass is 32.2. The highest BCUT2D eigenvalue weighted by Gasteiger charge is 2.42. The summed E-state index contributed by atoms with van der Waals surface area (Å²) in [6.07, 6.45) is 5.20. The minimum atomic E-state index is -3.20. The van der Waals surface area contributed by atoms with Crippen LogP contribution in [0.25, 0.3) is 0 Å². The highest BCUT2D eigenvalue weighted by Crippen LogP contribution is 2.49. The minimum absolute atomic E-state index is 0.0874. The van der Waals surface area contributed by atoms with E-state index in [1.54, 1.807) is 6.92 Å². The molecule has 2 fully saturated rings. The largest absolute Gasteiger partial charge is 0.316 e. The molecule has 0 saturated heterocycles. The van der Waals surface area contributed by atoms with E-state index in [1.807, 2.05) is 13.8 Å². The van der Waals surface area contributed by atoms with Crippen LogP contribution in [0.4, 0.5) is 0 Å². The molecule has 5 unspecified atom stereocenters. The van der Waals surface area contributed by atoms with Crippen LogP contribution in [0.1, 0.15) is 46.5 Å². The van der Waals surface area contributed by atoms with E-state index in [4.69, 9.17) is 0 Å². The van der Waals surface area contributed by atoms with Crippen molar-refractivity contribution in [1.29, 1.82) is 0 Å². The van der Waals surface area contributed by atoms with E-state index >= 15 is 0 Å². The molecule has 0 radical (unpaired) electrons. The Morgan fingerprint density at radius 1 is 1.21 bits per heavy atom. The maximum Gasteiger partial charge on any atom is 0.215 e. The zero-order valence-corrected chi connectivity index (χ0v) is 13.2. The lowest BCUT2D eigenvalue weighted by atomic mass is 9.84. The zero-order chi connectivity index (χ0) is 14.0. The third-order valence-electron chi connectivity index (χ3n) is 5.00. The number of nitrogens with one attached hydrogen (secondary N) is 2. The van der Waals surface area contributed by atoms with Gasteiger partial charge < -0.3 is 5.32 Å². The van der Waals surface area contributed by atoms with Crippen LogP contribution in [0.3, 0.4) is 0 Å². The molecule has 0 aliphatic heterocycles. The maximum atomic E-state index is 12.3. The Hall–Kier alpha value is -0.130. The summed E-state index contributed by atoms with van der Waals surface area (Å²) in [4.78, 5) is 0. The van der Waals surface area contributed by atoms with E-state index in [9.17, 15) is 8.42 Å². The molecule has 5 atom stereocenters. The summed E-state index contributed by atoms with van der Waals surface area (Å²) in [5.74, 6) is 2.17. The predicted octanol–water partition coefficient (Wildman–Crippen LogP) is 1.73. The molecule has 0 spiro atoms. The molecular formula is C14H28N2O2S. The van der Waals surface area contributed by atoms with Crippen LogP contribution in [-0.2, 0) is 10.0 Å². The number of sulfonamides is 1. The molecule has 0 heterocycles. The molecule has 2 N–H and O–H groups in total. The fourth-order valence-electron chi connectivity index (χ4n) is 3.83. The molecule has 112 valence electrons. The molecule has 2 rings (SSSR count). The first-order valence-corrected chi connectivity index (χ1v) is 9.20. The van der Waals surface area contributed by atoms with Crippen molar-refractivity contribution in [1.82, 2.24) is 10.0 Å². The van der Waals surface area contributed by atoms with Gasteiger partial charge in [-0.25, -0.2) is 13.1 Å². The van der Waals surface area contributed by atoms with Crippen LogP contribution in [0.2, 0.25) is 0 Å². The zero-order valence-electron chi connectivity index (χ0n) is 12.4. The van der Waals surface area contributed by atoms with Crippen molar-refractivity contribution in [2.45, 2.75) is 57.7 Å². The molecule has 0 aromatic rings. The van der Waals surface area contributed by atoms with Gasteiger partial charge in [0.15, 0.2) is 0 Å². The monoisotopic (exact) mass is 288 g/mol. The van der Waals surface area contributed by atoms with E-state index in [-0.39, 0.29) is 11.3 Å². The van der Waals surface area contributed by atoms with Gasteiger partial charge in [0.2, 0.25) is 10.0 Å². The fourth-order valence-corrected chi connectivity index (χ4v) is 5.09. The molecule has 5 heteroatoms. The Morgan fingerprint density at radius 3 is 2.47 bits per heavy atom. The molecule has 2 saturated carbocycles. The first-order valence-electron chi connectivity index (χ1n) is 7.66. The van der Waals surface area contributed by atoms with E-state index in [2.05, 4.69) is 10.0 Å². The van der Waals surface area contributed by atoms with Gasteiger partial charge in [-0.3, -0.25) is 0 Å². The van der Waals surface area contributed by atoms with Crippen molar-refractivity contribution in [2.24, 2.45) is 17.8 Å². The quantitative estimate of drug-likeness (QED) is 0.750. The molecule has 0 aromatic carbocycles. The molecule has 0 amide bonds. The third-order valence-corrected chi connectivity index (χ3v) is 6.92. The second-order valence-electron chi connectivity index (χ2n) is 6.41. The van der Waals surface area contributed by atoms with Crippen molar-refractivity contribution in [3.8, 4) is 0 Å². The summed E-state index contributed by atoms with van der Waals surface area (Å²) < 4.78 is 27.4. The molecule has 2 aliphatic carbocycles. The van der Waals surface area contributed by atoms with Gasteiger partial charge in [0.05, 0.1) is 5.25 Å². The van der Waals surface area contributed by atoms with Crippen LogP contribution in [0.5, 0.6) is 0 Å². The summed E-state index contributed by atoms with van der Waals surface area (Å²) >= 11 is 0. The average molecular weight is 288 g/mol. The third kappa shape index (κ3) is 3.50. The van der Waals surface area contributed by atoms with Crippen molar-refractivity contribution in [3.05, 3.63) is 0 Å². The topological polar surface area (TPSA) is 58.2 Å². The van der Waals surface area contributed by atoms with Gasteiger partial charge >= 0.3 is 0 Å². The molecular weight excluding hydrogens is 260 g/mol. The van der Waals surface area contributed by atoms with Crippen LogP contribution >= 0.6 is 0 Å². The van der Waals surface area contributed by atoms with Gasteiger partial charge in [-0.15, -0.1) is 0 Å². The second kappa shape index (κ2) is 6.10. The number of fused-ring (bicyclic) bond motifs is 2. The van der Waals surface area contributed by atoms with Crippen molar-refractivity contribution >= 4 is 10.0 Å². The Kier molecular flexibility index (Phi) is 4.90. The Morgan fingerprint density at radius 2 is 1.95 bits per heavy atom. The second-order valence-corrected chi connectivity index (χ2v) is 8.54. The maximum absolute atomic E-state index is 12.3. The van der Waals surface area contributed by atoms with Crippen molar-refractivity contribution in [3.63, 3.8) is 0 Å². The number of rotatable bonds is 7. The standard InChI is InChI=1S/C14H28N2O2S/c1-4-15-9-10(2)19(17,18)16-11(3)14-8-12-5-6-13(14)7-12/h10-16H,4-9H2,1-3H3. The minimum Gasteiger partial charge on any atom is -0.316 e. The van der Waals surface area contributed by atoms with Crippen LogP contribution in [0, 0.1) is 17.8 Å². The normalized spacial score (nSPS) is 33.5. The molecule has 0 aromatic heterocycles. The average Bonchev–Trinajstić information content (AvgIpc) is 2.97. The van der Waals surface area contributed by atoms with Gasteiger partial charge in [0, 0.05) is 12.6 Å². The van der Waals surface area contributed by atoms with Gasteiger partial charge in [0.1, 0.15) is 0 Å². The fraction of sp³-hybridized carbons (Fsp3) is 1.00. The first kappa shape index (κ1) is 15.3. The summed E-state index contributed by atoms with van der Waals surface area (Å²) in [6, 6.07) is 0.0874. The van der Waals surface area contributed by atoms with Gasteiger partial charge in [0.25, 0.3) is 0 Å². The number of hydrogen-bond donors (Lipinski definition) is 2. The van der Waals surface area contributed by atoms with Crippen molar-refractivity contribution < 1.29 is 8.42 Å². The predicted molar refractivity (Wildman–Crippen MR) is 78.5 cm³/mol. The Bertz CT molecular complexity index is 396. The van der Waals surface area contributed by atoms with Gasteiger partial charge in [-0.05, 0) is 57.4 Å². The summed E-state index contributed by atoms with van der Waals surface area (Å²) in [6.45, 7) is 7.14. The molecule has 4 nitrogen and oxygen atoms in total. The van der Waals surface area contributed by atoms with Crippen LogP contribution in [-0.4, -0.2) is 32.8 Å². The van der Waals surface area contributed by atoms with Gasteiger partial charge in [-0.2, -0.15) is 0 Å². The summed E-state index contributed by atoms with van der Waals surface area (Å²) in [5, 5.41) is 2.74. The van der Waals surface area contributed by atoms with Crippen LogP contribution in [0.15, 0.2) is 0 Å². The van der Waals surface area contributed by atoms with E-state index in [0.29, 0.717) is 12.5 Å².